The second-order valence-corrected chi connectivity index (χ2v) is 4.49. The van der Waals surface area contributed by atoms with E-state index in [9.17, 15) is 0 Å². The molecule has 96 valence electrons. The van der Waals surface area contributed by atoms with Gasteiger partial charge in [-0.25, -0.2) is 4.99 Å². The van der Waals surface area contributed by atoms with E-state index >= 15 is 0 Å². The molecule has 0 unspecified atom stereocenters. The molecular weight excluding hydrogens is 224 g/mol. The van der Waals surface area contributed by atoms with Gasteiger partial charge < -0.3 is 11.1 Å². The highest BCUT2D eigenvalue weighted by Crippen LogP contribution is 2.19. The third-order valence-electron chi connectivity index (χ3n) is 3.07. The zero-order valence-electron chi connectivity index (χ0n) is 10.7. The highest BCUT2D eigenvalue weighted by molar-refractivity contribution is 5.77. The number of guanidine groups is 1. The summed E-state index contributed by atoms with van der Waals surface area (Å²) in [7, 11) is 0. The van der Waals surface area contributed by atoms with Gasteiger partial charge in [0, 0.05) is 12.2 Å². The molecule has 4 nitrogen and oxygen atoms in total. The smallest absolute Gasteiger partial charge is 0.189 e. The minimum Gasteiger partial charge on any atom is -0.370 e. The average molecular weight is 244 g/mol. The fourth-order valence-corrected chi connectivity index (χ4v) is 2.11. The summed E-state index contributed by atoms with van der Waals surface area (Å²) in [4.78, 5) is 8.91. The van der Waals surface area contributed by atoms with E-state index in [-0.39, 0.29) is 0 Å². The van der Waals surface area contributed by atoms with E-state index < -0.39 is 0 Å². The summed E-state index contributed by atoms with van der Waals surface area (Å²) in [5, 5.41) is 2.95. The van der Waals surface area contributed by atoms with E-state index in [2.05, 4.69) is 34.0 Å². The van der Waals surface area contributed by atoms with E-state index in [1.807, 2.05) is 0 Å². The molecule has 0 spiro atoms. The molecule has 1 heterocycles. The molecule has 0 fully saturated rings. The maximum absolute atomic E-state index is 5.71. The number of aromatic nitrogens is 1. The van der Waals surface area contributed by atoms with Crippen LogP contribution in [-0.4, -0.2) is 17.5 Å². The summed E-state index contributed by atoms with van der Waals surface area (Å²) in [6, 6.07) is 4.23. The summed E-state index contributed by atoms with van der Waals surface area (Å²) >= 11 is 0. The van der Waals surface area contributed by atoms with Crippen LogP contribution >= 0.6 is 0 Å². The van der Waals surface area contributed by atoms with Gasteiger partial charge in [-0.2, -0.15) is 0 Å². The van der Waals surface area contributed by atoms with Crippen molar-refractivity contribution in [2.75, 3.05) is 6.54 Å². The Bertz CT molecular complexity index is 451. The summed E-state index contributed by atoms with van der Waals surface area (Å²) in [6.45, 7) is 4.78. The van der Waals surface area contributed by atoms with Crippen LogP contribution in [0, 0.1) is 0 Å². The summed E-state index contributed by atoms with van der Waals surface area (Å²) < 4.78 is 0. The number of nitrogens with zero attached hydrogens (tertiary/aromatic N) is 2. The topological polar surface area (TPSA) is 63.3 Å². The van der Waals surface area contributed by atoms with E-state index in [1.54, 1.807) is 6.08 Å². The number of nitrogens with one attached hydrogen (secondary N) is 1. The van der Waals surface area contributed by atoms with Crippen LogP contribution in [0.3, 0.4) is 0 Å². The highest BCUT2D eigenvalue weighted by Gasteiger charge is 2.10. The molecule has 0 atom stereocenters. The molecule has 1 aliphatic carbocycles. The van der Waals surface area contributed by atoms with Crippen molar-refractivity contribution in [2.45, 2.75) is 32.2 Å². The Morgan fingerprint density at radius 3 is 3.11 bits per heavy atom. The molecule has 18 heavy (non-hydrogen) atoms. The predicted octanol–water partition coefficient (Wildman–Crippen LogP) is 1.55. The van der Waals surface area contributed by atoms with Crippen LogP contribution in [0.25, 0.3) is 0 Å². The van der Waals surface area contributed by atoms with Gasteiger partial charge in [0.15, 0.2) is 5.96 Å². The van der Waals surface area contributed by atoms with Crippen molar-refractivity contribution in [3.05, 3.63) is 41.7 Å². The largest absolute Gasteiger partial charge is 0.370 e. The van der Waals surface area contributed by atoms with Crippen molar-refractivity contribution in [1.29, 1.82) is 0 Å². The fourth-order valence-electron chi connectivity index (χ4n) is 2.11. The minimum atomic E-state index is 0.439. The predicted molar refractivity (Wildman–Crippen MR) is 74.4 cm³/mol. The number of aryl methyl sites for hydroxylation is 2. The van der Waals surface area contributed by atoms with Crippen molar-refractivity contribution < 1.29 is 0 Å². The zero-order chi connectivity index (χ0) is 12.8. The van der Waals surface area contributed by atoms with Gasteiger partial charge in [-0.15, -0.1) is 6.58 Å². The van der Waals surface area contributed by atoms with Gasteiger partial charge in [-0.3, -0.25) is 4.98 Å². The van der Waals surface area contributed by atoms with Crippen LogP contribution in [-0.2, 0) is 19.4 Å². The van der Waals surface area contributed by atoms with Crippen LogP contribution < -0.4 is 11.1 Å². The standard InChI is InChI=1S/C14H20N4/c1-2-9-16-14(15)17-10-12-8-7-11-5-3-4-6-13(11)18-12/h2,7-8H,1,3-6,9-10H2,(H3,15,16,17). The molecule has 4 heteroatoms. The lowest BCUT2D eigenvalue weighted by Gasteiger charge is -2.14. The normalized spacial score (nSPS) is 15.0. The fraction of sp³-hybridized carbons (Fsp3) is 0.429. The van der Waals surface area contributed by atoms with Crippen LogP contribution in [0.2, 0.25) is 0 Å². The summed E-state index contributed by atoms with van der Waals surface area (Å²) in [5.74, 6) is 0.439. The van der Waals surface area contributed by atoms with Crippen LogP contribution in [0.1, 0.15) is 29.8 Å². The lowest BCUT2D eigenvalue weighted by atomic mass is 9.96. The third kappa shape index (κ3) is 3.32. The molecule has 0 bridgehead atoms. The first-order chi connectivity index (χ1) is 8.79. The van der Waals surface area contributed by atoms with E-state index in [4.69, 9.17) is 5.73 Å². The Balaban J connectivity index is 1.99. The van der Waals surface area contributed by atoms with Gasteiger partial charge in [-0.1, -0.05) is 12.1 Å². The maximum Gasteiger partial charge on any atom is 0.189 e. The van der Waals surface area contributed by atoms with Gasteiger partial charge in [0.2, 0.25) is 0 Å². The lowest BCUT2D eigenvalue weighted by molar-refractivity contribution is 0.663. The Labute approximate surface area is 108 Å². The number of fused-ring (bicyclic) bond motifs is 1. The number of aliphatic imine (C=N–C) groups is 1. The highest BCUT2D eigenvalue weighted by atomic mass is 15.1. The number of rotatable bonds is 4. The Morgan fingerprint density at radius 2 is 2.28 bits per heavy atom. The first-order valence-electron chi connectivity index (χ1n) is 6.42. The zero-order valence-corrected chi connectivity index (χ0v) is 10.7. The van der Waals surface area contributed by atoms with Gasteiger partial charge in [-0.05, 0) is 37.3 Å². The van der Waals surface area contributed by atoms with Crippen molar-refractivity contribution >= 4 is 5.96 Å². The second kappa shape index (κ2) is 6.19. The molecule has 0 radical (unpaired) electrons. The number of nitrogens with two attached hydrogens (primary N) is 1. The molecular formula is C14H20N4. The van der Waals surface area contributed by atoms with Crippen LogP contribution in [0.15, 0.2) is 29.8 Å². The van der Waals surface area contributed by atoms with Gasteiger partial charge >= 0.3 is 0 Å². The third-order valence-corrected chi connectivity index (χ3v) is 3.07. The monoisotopic (exact) mass is 244 g/mol. The molecule has 0 saturated carbocycles. The SMILES string of the molecule is C=CCNC(N)=NCc1ccc2c(n1)CCCC2. The van der Waals surface area contributed by atoms with Crippen molar-refractivity contribution in [3.63, 3.8) is 0 Å². The van der Waals surface area contributed by atoms with Crippen molar-refractivity contribution in [3.8, 4) is 0 Å². The molecule has 3 N–H and O–H groups in total. The molecule has 0 amide bonds. The van der Waals surface area contributed by atoms with E-state index in [0.29, 0.717) is 19.0 Å². The molecule has 1 aliphatic rings. The Kier molecular flexibility index (Phi) is 4.34. The van der Waals surface area contributed by atoms with Crippen LogP contribution in [0.4, 0.5) is 0 Å². The molecule has 1 aromatic rings. The van der Waals surface area contributed by atoms with Crippen LogP contribution in [0.5, 0.6) is 0 Å². The number of hydrogen-bond donors (Lipinski definition) is 2. The maximum atomic E-state index is 5.71. The van der Waals surface area contributed by atoms with Gasteiger partial charge in [0.1, 0.15) is 0 Å². The van der Waals surface area contributed by atoms with Crippen molar-refractivity contribution in [2.24, 2.45) is 10.7 Å². The Morgan fingerprint density at radius 1 is 1.44 bits per heavy atom. The lowest BCUT2D eigenvalue weighted by Crippen LogP contribution is -2.31. The number of pyridine rings is 1. The minimum absolute atomic E-state index is 0.439. The second-order valence-electron chi connectivity index (χ2n) is 4.49. The summed E-state index contributed by atoms with van der Waals surface area (Å²) in [6.07, 6.45) is 6.53. The molecule has 0 aliphatic heterocycles. The Hall–Kier alpha value is -1.84. The quantitative estimate of drug-likeness (QED) is 0.480. The molecule has 1 aromatic heterocycles. The molecule has 2 rings (SSSR count). The van der Waals surface area contributed by atoms with Gasteiger partial charge in [0.05, 0.1) is 12.2 Å². The molecule has 0 saturated heterocycles. The van der Waals surface area contributed by atoms with E-state index in [1.165, 1.54) is 24.1 Å². The average Bonchev–Trinajstić information content (AvgIpc) is 2.42. The molecule has 0 aromatic carbocycles. The first-order valence-corrected chi connectivity index (χ1v) is 6.42. The van der Waals surface area contributed by atoms with Gasteiger partial charge in [0.25, 0.3) is 0 Å². The first kappa shape index (κ1) is 12.6. The van der Waals surface area contributed by atoms with E-state index in [0.717, 1.165) is 18.5 Å². The van der Waals surface area contributed by atoms with Crippen molar-refractivity contribution in [1.82, 2.24) is 10.3 Å². The number of hydrogen-bond acceptors (Lipinski definition) is 2. The summed E-state index contributed by atoms with van der Waals surface area (Å²) in [5.41, 5.74) is 9.33.